The van der Waals surface area contributed by atoms with Crippen LogP contribution in [0, 0.1) is 0 Å². The van der Waals surface area contributed by atoms with E-state index in [1.165, 1.54) is 0 Å². The average Bonchev–Trinajstić information content (AvgIpc) is 2.22. The van der Waals surface area contributed by atoms with Gasteiger partial charge in [0.25, 0.3) is 0 Å². The van der Waals surface area contributed by atoms with Gasteiger partial charge in [-0.3, -0.25) is 4.57 Å². The van der Waals surface area contributed by atoms with Crippen molar-refractivity contribution in [3.05, 3.63) is 0 Å². The van der Waals surface area contributed by atoms with Crippen molar-refractivity contribution in [2.75, 3.05) is 6.16 Å². The third-order valence-corrected chi connectivity index (χ3v) is 3.71. The Kier molecular flexibility index (Phi) is 8.21. The van der Waals surface area contributed by atoms with Crippen LogP contribution in [-0.2, 0) is 9.09 Å². The highest BCUT2D eigenvalue weighted by atomic mass is 31.2. The molecule has 0 saturated heterocycles. The lowest BCUT2D eigenvalue weighted by molar-refractivity contribution is 0.179. The first kappa shape index (κ1) is 16.4. The zero-order chi connectivity index (χ0) is 13.3. The van der Waals surface area contributed by atoms with Gasteiger partial charge in [0, 0.05) is 0 Å². The predicted molar refractivity (Wildman–Crippen MR) is 67.4 cm³/mol. The van der Waals surface area contributed by atoms with E-state index in [0.29, 0.717) is 0 Å². The lowest BCUT2D eigenvalue weighted by Gasteiger charge is -2.17. The molecular weight excluding hydrogens is 243 g/mol. The molecule has 0 aliphatic rings. The van der Waals surface area contributed by atoms with Gasteiger partial charge >= 0.3 is 7.60 Å². The minimum atomic E-state index is -3.79. The van der Waals surface area contributed by atoms with E-state index in [2.05, 4.69) is 12.1 Å². The lowest BCUT2D eigenvalue weighted by atomic mass is 10.1. The summed E-state index contributed by atoms with van der Waals surface area (Å²) >= 11 is 0. The van der Waals surface area contributed by atoms with Gasteiger partial charge in [0.05, 0.1) is 6.10 Å². The lowest BCUT2D eigenvalue weighted by Crippen LogP contribution is -2.19. The second-order valence-corrected chi connectivity index (χ2v) is 5.95. The summed E-state index contributed by atoms with van der Waals surface area (Å²) in [5.74, 6) is -0.297. The highest BCUT2D eigenvalue weighted by molar-refractivity contribution is 7.53. The van der Waals surface area contributed by atoms with Gasteiger partial charge in [0.2, 0.25) is 0 Å². The van der Waals surface area contributed by atoms with Crippen molar-refractivity contribution in [2.45, 2.75) is 52.1 Å². The summed E-state index contributed by atoms with van der Waals surface area (Å²) in [5, 5.41) is 11.0. The molecule has 4 N–H and O–H groups in total. The fourth-order valence-corrected chi connectivity index (χ4v) is 2.68. The Balaban J connectivity index is 3.92. The van der Waals surface area contributed by atoms with Crippen LogP contribution in [0.5, 0.6) is 0 Å². The predicted octanol–water partition coefficient (Wildman–Crippen LogP) is 2.29. The van der Waals surface area contributed by atoms with Gasteiger partial charge in [-0.25, -0.2) is 0 Å². The van der Waals surface area contributed by atoms with Gasteiger partial charge in [0.15, 0.2) is 5.84 Å². The topological polar surface area (TPSA) is 105 Å². The molecule has 2 unspecified atom stereocenters. The van der Waals surface area contributed by atoms with Gasteiger partial charge in [-0.05, 0) is 13.3 Å². The molecule has 0 fully saturated rings. The third kappa shape index (κ3) is 9.15. The van der Waals surface area contributed by atoms with Crippen molar-refractivity contribution in [1.29, 1.82) is 0 Å². The number of rotatable bonds is 9. The van der Waals surface area contributed by atoms with E-state index in [0.717, 1.165) is 32.1 Å². The molecule has 0 saturated carbocycles. The number of nitrogens with zero attached hydrogens (tertiary/aromatic N) is 1. The van der Waals surface area contributed by atoms with Gasteiger partial charge in [-0.15, -0.1) is 0 Å². The molecule has 2 atom stereocenters. The zero-order valence-corrected chi connectivity index (χ0v) is 11.4. The summed E-state index contributed by atoms with van der Waals surface area (Å²) in [6.45, 7) is 3.87. The molecule has 0 aromatic heterocycles. The summed E-state index contributed by atoms with van der Waals surface area (Å²) in [4.78, 5) is 9.45. The van der Waals surface area contributed by atoms with Crippen molar-refractivity contribution >= 4 is 13.4 Å². The first-order chi connectivity index (χ1) is 7.91. The van der Waals surface area contributed by atoms with Crippen molar-refractivity contribution in [1.82, 2.24) is 0 Å². The molecule has 7 heteroatoms. The molecule has 0 rings (SSSR count). The minimum absolute atomic E-state index is 0.297. The molecule has 0 aromatic rings. The Hall–Kier alpha value is -0.580. The van der Waals surface area contributed by atoms with Crippen LogP contribution in [-0.4, -0.2) is 28.2 Å². The maximum atomic E-state index is 11.5. The van der Waals surface area contributed by atoms with Gasteiger partial charge in [0.1, 0.15) is 6.16 Å². The minimum Gasteiger partial charge on any atom is -0.409 e. The summed E-state index contributed by atoms with van der Waals surface area (Å²) in [5.41, 5.74) is 5.16. The Bertz CT molecular complexity index is 283. The SMILES string of the molecule is CCCCCCC(C)OP(=O)(O)CC(N)=NO. The van der Waals surface area contributed by atoms with Gasteiger partial charge < -0.3 is 20.4 Å². The van der Waals surface area contributed by atoms with E-state index in [9.17, 15) is 9.46 Å². The molecule has 0 spiro atoms. The van der Waals surface area contributed by atoms with Crippen LogP contribution in [0.4, 0.5) is 0 Å². The fraction of sp³-hybridized carbons (Fsp3) is 0.900. The molecule has 0 bridgehead atoms. The number of hydrogen-bond acceptors (Lipinski definition) is 4. The van der Waals surface area contributed by atoms with Crippen molar-refractivity contribution in [3.63, 3.8) is 0 Å². The van der Waals surface area contributed by atoms with Crippen LogP contribution >= 0.6 is 7.60 Å². The normalized spacial score (nSPS) is 17.7. The molecular formula is C10H23N2O4P. The first-order valence-corrected chi connectivity index (χ1v) is 7.64. The molecule has 17 heavy (non-hydrogen) atoms. The average molecular weight is 266 g/mol. The second kappa shape index (κ2) is 8.50. The molecule has 0 amide bonds. The van der Waals surface area contributed by atoms with Gasteiger partial charge in [-0.1, -0.05) is 37.8 Å². The summed E-state index contributed by atoms with van der Waals surface area (Å²) in [7, 11) is -3.79. The molecule has 0 aromatic carbocycles. The molecule has 0 aliphatic heterocycles. The standard InChI is InChI=1S/C10H23N2O4P/c1-3-4-5-6-7-9(2)16-17(14,15)8-10(11)12-13/h9,13H,3-8H2,1-2H3,(H2,11,12)(H,14,15). The van der Waals surface area contributed by atoms with Crippen LogP contribution in [0.2, 0.25) is 0 Å². The van der Waals surface area contributed by atoms with Gasteiger partial charge in [-0.2, -0.15) is 0 Å². The third-order valence-electron chi connectivity index (χ3n) is 2.30. The first-order valence-electron chi connectivity index (χ1n) is 5.88. The van der Waals surface area contributed by atoms with E-state index in [4.69, 9.17) is 15.5 Å². The van der Waals surface area contributed by atoms with Crippen LogP contribution < -0.4 is 5.73 Å². The van der Waals surface area contributed by atoms with E-state index >= 15 is 0 Å². The van der Waals surface area contributed by atoms with Crippen molar-refractivity contribution < 1.29 is 19.2 Å². The molecule has 0 radical (unpaired) electrons. The number of unbranched alkanes of at least 4 members (excludes halogenated alkanes) is 3. The van der Waals surface area contributed by atoms with E-state index in [1.807, 2.05) is 0 Å². The van der Waals surface area contributed by atoms with Crippen LogP contribution in [0.25, 0.3) is 0 Å². The maximum Gasteiger partial charge on any atom is 0.335 e. The zero-order valence-electron chi connectivity index (χ0n) is 10.5. The second-order valence-electron chi connectivity index (χ2n) is 4.15. The number of nitrogens with two attached hydrogens (primary N) is 1. The van der Waals surface area contributed by atoms with Crippen LogP contribution in [0.3, 0.4) is 0 Å². The highest BCUT2D eigenvalue weighted by Crippen LogP contribution is 2.43. The monoisotopic (exact) mass is 266 g/mol. The highest BCUT2D eigenvalue weighted by Gasteiger charge is 2.24. The summed E-state index contributed by atoms with van der Waals surface area (Å²) < 4.78 is 16.6. The summed E-state index contributed by atoms with van der Waals surface area (Å²) in [6.07, 6.45) is 4.38. The molecule has 0 heterocycles. The van der Waals surface area contributed by atoms with Crippen molar-refractivity contribution in [2.24, 2.45) is 10.9 Å². The number of hydrogen-bond donors (Lipinski definition) is 3. The Morgan fingerprint density at radius 3 is 2.65 bits per heavy atom. The molecule has 0 aliphatic carbocycles. The van der Waals surface area contributed by atoms with Crippen LogP contribution in [0.1, 0.15) is 46.0 Å². The quantitative estimate of drug-likeness (QED) is 0.148. The maximum absolute atomic E-state index is 11.5. The van der Waals surface area contributed by atoms with Crippen molar-refractivity contribution in [3.8, 4) is 0 Å². The van der Waals surface area contributed by atoms with Crippen LogP contribution in [0.15, 0.2) is 5.16 Å². The van der Waals surface area contributed by atoms with E-state index < -0.39 is 13.8 Å². The van der Waals surface area contributed by atoms with E-state index in [-0.39, 0.29) is 11.9 Å². The molecule has 102 valence electrons. The Labute approximate surface area is 102 Å². The Morgan fingerprint density at radius 1 is 1.47 bits per heavy atom. The number of oxime groups is 1. The molecule has 6 nitrogen and oxygen atoms in total. The smallest absolute Gasteiger partial charge is 0.335 e. The Morgan fingerprint density at radius 2 is 2.12 bits per heavy atom. The largest absolute Gasteiger partial charge is 0.409 e. The number of amidine groups is 1. The van der Waals surface area contributed by atoms with E-state index in [1.54, 1.807) is 6.92 Å². The summed E-state index contributed by atoms with van der Waals surface area (Å²) in [6, 6.07) is 0. The fourth-order valence-electron chi connectivity index (χ4n) is 1.47.